The van der Waals surface area contributed by atoms with Crippen LogP contribution in [-0.4, -0.2) is 9.97 Å². The minimum Gasteiger partial charge on any atom is -0.255 e. The molecule has 0 bridgehead atoms. The normalized spacial score (nSPS) is 8.00. The molecule has 0 unspecified atom stereocenters. The van der Waals surface area contributed by atoms with Crippen LogP contribution in [0.5, 0.6) is 0 Å². The van der Waals surface area contributed by atoms with Gasteiger partial charge in [0.25, 0.3) is 0 Å². The van der Waals surface area contributed by atoms with E-state index in [4.69, 9.17) is 0 Å². The Morgan fingerprint density at radius 2 is 1.80 bits per heavy atom. The van der Waals surface area contributed by atoms with Crippen LogP contribution in [-0.2, 0) is 0 Å². The fraction of sp³-hybridized carbons (Fsp3) is 0.429. The standard InChI is InChI=1S/C5H5FN2.C2H6/c1-4-2-8-5(6)3-7-4;1-2/h2-3H,1H3;1-2H3. The van der Waals surface area contributed by atoms with Crippen molar-refractivity contribution in [1.82, 2.24) is 9.97 Å². The van der Waals surface area contributed by atoms with Gasteiger partial charge < -0.3 is 0 Å². The Kier molecular flexibility index (Phi) is 4.37. The highest BCUT2D eigenvalue weighted by Crippen LogP contribution is 1.88. The second-order valence-corrected chi connectivity index (χ2v) is 1.48. The maximum Gasteiger partial charge on any atom is 0.231 e. The molecule has 0 aromatic carbocycles. The van der Waals surface area contributed by atoms with Crippen molar-refractivity contribution in [2.75, 3.05) is 0 Å². The van der Waals surface area contributed by atoms with Crippen molar-refractivity contribution in [3.05, 3.63) is 24.0 Å². The van der Waals surface area contributed by atoms with Crippen molar-refractivity contribution in [2.45, 2.75) is 20.8 Å². The van der Waals surface area contributed by atoms with Crippen LogP contribution in [0.4, 0.5) is 4.39 Å². The summed E-state index contributed by atoms with van der Waals surface area (Å²) in [7, 11) is 0. The first-order valence-electron chi connectivity index (χ1n) is 3.23. The summed E-state index contributed by atoms with van der Waals surface area (Å²) in [5, 5.41) is 0. The molecule has 0 fully saturated rings. The zero-order chi connectivity index (χ0) is 7.98. The molecular formula is C7H11FN2. The summed E-state index contributed by atoms with van der Waals surface area (Å²) in [5.41, 5.74) is 0.728. The number of aromatic nitrogens is 2. The van der Waals surface area contributed by atoms with Crippen LogP contribution in [0.15, 0.2) is 12.4 Å². The molecule has 0 aliphatic rings. The number of nitrogens with zero attached hydrogens (tertiary/aromatic N) is 2. The monoisotopic (exact) mass is 142 g/mol. The van der Waals surface area contributed by atoms with Crippen LogP contribution in [0, 0.1) is 12.9 Å². The molecule has 0 amide bonds. The van der Waals surface area contributed by atoms with Gasteiger partial charge in [-0.05, 0) is 6.92 Å². The van der Waals surface area contributed by atoms with E-state index in [1.165, 1.54) is 6.20 Å². The van der Waals surface area contributed by atoms with Gasteiger partial charge in [0.05, 0.1) is 18.1 Å². The minimum absolute atomic E-state index is 0.532. The minimum atomic E-state index is -0.532. The number of halogens is 1. The van der Waals surface area contributed by atoms with E-state index < -0.39 is 5.95 Å². The highest BCUT2D eigenvalue weighted by atomic mass is 19.1. The highest BCUT2D eigenvalue weighted by molar-refractivity contribution is 4.90. The van der Waals surface area contributed by atoms with E-state index in [0.29, 0.717) is 0 Å². The third kappa shape index (κ3) is 3.12. The highest BCUT2D eigenvalue weighted by Gasteiger charge is 1.86. The third-order valence-electron chi connectivity index (χ3n) is 0.749. The second kappa shape index (κ2) is 4.85. The summed E-state index contributed by atoms with van der Waals surface area (Å²) in [6.07, 6.45) is 2.48. The number of hydrogen-bond donors (Lipinski definition) is 0. The van der Waals surface area contributed by atoms with Gasteiger partial charge in [-0.2, -0.15) is 4.39 Å². The van der Waals surface area contributed by atoms with E-state index in [-0.39, 0.29) is 0 Å². The molecule has 2 nitrogen and oxygen atoms in total. The lowest BCUT2D eigenvalue weighted by Gasteiger charge is -1.85. The first-order valence-corrected chi connectivity index (χ1v) is 3.23. The number of aryl methyl sites for hydroxylation is 1. The van der Waals surface area contributed by atoms with E-state index >= 15 is 0 Å². The molecule has 1 heterocycles. The number of hydrogen-bond acceptors (Lipinski definition) is 2. The lowest BCUT2D eigenvalue weighted by molar-refractivity contribution is 0.575. The Bertz CT molecular complexity index is 150. The Hall–Kier alpha value is -0.990. The van der Waals surface area contributed by atoms with Gasteiger partial charge in [0.1, 0.15) is 0 Å². The van der Waals surface area contributed by atoms with Gasteiger partial charge in [-0.15, -0.1) is 0 Å². The average Bonchev–Trinajstić information content (AvgIpc) is 2.00. The maximum absolute atomic E-state index is 11.9. The molecule has 0 aliphatic carbocycles. The van der Waals surface area contributed by atoms with Gasteiger partial charge >= 0.3 is 0 Å². The first-order chi connectivity index (χ1) is 4.79. The van der Waals surface area contributed by atoms with Gasteiger partial charge in [0.2, 0.25) is 5.95 Å². The Morgan fingerprint density at radius 1 is 1.20 bits per heavy atom. The Balaban J connectivity index is 0.000000371. The Morgan fingerprint density at radius 3 is 2.10 bits per heavy atom. The molecule has 1 aromatic heterocycles. The largest absolute Gasteiger partial charge is 0.255 e. The number of rotatable bonds is 0. The van der Waals surface area contributed by atoms with Crippen molar-refractivity contribution in [1.29, 1.82) is 0 Å². The maximum atomic E-state index is 11.9. The molecule has 0 atom stereocenters. The van der Waals surface area contributed by atoms with Crippen LogP contribution < -0.4 is 0 Å². The second-order valence-electron chi connectivity index (χ2n) is 1.48. The van der Waals surface area contributed by atoms with Gasteiger partial charge in [-0.3, -0.25) is 4.98 Å². The SMILES string of the molecule is CC.Cc1cnc(F)cn1. The lowest BCUT2D eigenvalue weighted by Crippen LogP contribution is -1.85. The van der Waals surface area contributed by atoms with Gasteiger partial charge in [0.15, 0.2) is 0 Å². The van der Waals surface area contributed by atoms with E-state index in [0.717, 1.165) is 11.9 Å². The Labute approximate surface area is 60.1 Å². The third-order valence-corrected chi connectivity index (χ3v) is 0.749. The van der Waals surface area contributed by atoms with Gasteiger partial charge in [0, 0.05) is 0 Å². The molecule has 1 rings (SSSR count). The lowest BCUT2D eigenvalue weighted by atomic mass is 10.5. The molecule has 56 valence electrons. The molecule has 0 N–H and O–H groups in total. The summed E-state index contributed by atoms with van der Waals surface area (Å²) in [5.74, 6) is -0.532. The van der Waals surface area contributed by atoms with Crippen molar-refractivity contribution >= 4 is 0 Å². The van der Waals surface area contributed by atoms with Crippen molar-refractivity contribution in [3.8, 4) is 0 Å². The first kappa shape index (κ1) is 9.01. The van der Waals surface area contributed by atoms with Crippen molar-refractivity contribution < 1.29 is 4.39 Å². The quantitative estimate of drug-likeness (QED) is 0.553. The van der Waals surface area contributed by atoms with Crippen LogP contribution in [0.25, 0.3) is 0 Å². The van der Waals surface area contributed by atoms with Crippen LogP contribution in [0.3, 0.4) is 0 Å². The summed E-state index contributed by atoms with van der Waals surface area (Å²) in [6.45, 7) is 5.76. The zero-order valence-electron chi connectivity index (χ0n) is 6.43. The molecule has 0 saturated heterocycles. The predicted molar refractivity (Wildman–Crippen MR) is 38.1 cm³/mol. The fourth-order valence-electron chi connectivity index (χ4n) is 0.377. The van der Waals surface area contributed by atoms with Crippen LogP contribution in [0.1, 0.15) is 19.5 Å². The van der Waals surface area contributed by atoms with E-state index in [1.54, 1.807) is 6.92 Å². The van der Waals surface area contributed by atoms with E-state index in [9.17, 15) is 4.39 Å². The van der Waals surface area contributed by atoms with Gasteiger partial charge in [-0.1, -0.05) is 13.8 Å². The molecule has 1 aromatic rings. The smallest absolute Gasteiger partial charge is 0.231 e. The summed E-state index contributed by atoms with van der Waals surface area (Å²) >= 11 is 0. The van der Waals surface area contributed by atoms with Crippen LogP contribution in [0.2, 0.25) is 0 Å². The van der Waals surface area contributed by atoms with E-state index in [2.05, 4.69) is 9.97 Å². The molecular weight excluding hydrogens is 131 g/mol. The molecule has 0 spiro atoms. The molecule has 10 heavy (non-hydrogen) atoms. The zero-order valence-corrected chi connectivity index (χ0v) is 6.43. The summed E-state index contributed by atoms with van der Waals surface area (Å²) in [4.78, 5) is 6.99. The topological polar surface area (TPSA) is 25.8 Å². The summed E-state index contributed by atoms with van der Waals surface area (Å²) in [6, 6.07) is 0. The van der Waals surface area contributed by atoms with E-state index in [1.807, 2.05) is 13.8 Å². The van der Waals surface area contributed by atoms with Crippen LogP contribution >= 0.6 is 0 Å². The average molecular weight is 142 g/mol. The molecule has 0 aliphatic heterocycles. The summed E-state index contributed by atoms with van der Waals surface area (Å²) < 4.78 is 11.9. The molecule has 0 radical (unpaired) electrons. The van der Waals surface area contributed by atoms with Crippen molar-refractivity contribution in [3.63, 3.8) is 0 Å². The fourth-order valence-corrected chi connectivity index (χ4v) is 0.377. The molecule has 0 saturated carbocycles. The van der Waals surface area contributed by atoms with Crippen molar-refractivity contribution in [2.24, 2.45) is 0 Å². The molecule has 3 heteroatoms. The van der Waals surface area contributed by atoms with Gasteiger partial charge in [-0.25, -0.2) is 4.98 Å². The predicted octanol–water partition coefficient (Wildman–Crippen LogP) is 1.95.